The number of primary amides is 2. The van der Waals surface area contributed by atoms with Crippen LogP contribution in [0.5, 0.6) is 0 Å². The third-order valence-electron chi connectivity index (χ3n) is 3.20. The molecule has 4 heteroatoms. The normalized spacial score (nSPS) is 11.1. The summed E-state index contributed by atoms with van der Waals surface area (Å²) in [5.41, 5.74) is 11.0. The fourth-order valence-electron chi connectivity index (χ4n) is 2.44. The Morgan fingerprint density at radius 3 is 2.06 bits per heavy atom. The van der Waals surface area contributed by atoms with E-state index in [0.717, 1.165) is 20.9 Å². The number of carbonyl (C=O) groups excluding carboxylic acids is 2. The van der Waals surface area contributed by atoms with Crippen molar-refractivity contribution in [2.24, 2.45) is 11.5 Å². The second-order valence-electron chi connectivity index (χ2n) is 4.18. The van der Waals surface area contributed by atoms with Gasteiger partial charge in [-0.3, -0.25) is 9.59 Å². The summed E-state index contributed by atoms with van der Waals surface area (Å²) in [5, 5.41) is 3.66. The van der Waals surface area contributed by atoms with Crippen molar-refractivity contribution in [3.63, 3.8) is 0 Å². The Labute approximate surface area is 102 Å². The molecule has 4 N–H and O–H groups in total. The molecule has 0 radical (unpaired) electrons. The molecule has 0 spiro atoms. The number of hydrogen-bond donors (Lipinski definition) is 2. The van der Waals surface area contributed by atoms with E-state index >= 15 is 0 Å². The Morgan fingerprint density at radius 2 is 1.44 bits per heavy atom. The Morgan fingerprint density at radius 1 is 0.778 bits per heavy atom. The summed E-state index contributed by atoms with van der Waals surface area (Å²) >= 11 is 0. The zero-order valence-electron chi connectivity index (χ0n) is 9.44. The third-order valence-corrected chi connectivity index (χ3v) is 3.20. The lowest BCUT2D eigenvalue weighted by Crippen LogP contribution is -2.22. The van der Waals surface area contributed by atoms with E-state index in [1.165, 1.54) is 0 Å². The lowest BCUT2D eigenvalue weighted by molar-refractivity contribution is 0.0966. The van der Waals surface area contributed by atoms with Crippen LogP contribution >= 0.6 is 0 Å². The highest BCUT2D eigenvalue weighted by molar-refractivity contribution is 6.06. The predicted molar refractivity (Wildman–Crippen MR) is 65.3 cm³/mol. The number of rotatable bonds is 2. The van der Waals surface area contributed by atoms with Gasteiger partial charge in [0.15, 0.2) is 0 Å². The van der Waals surface area contributed by atoms with Crippen molar-refractivity contribution >= 4 is 11.8 Å². The van der Waals surface area contributed by atoms with Crippen molar-refractivity contribution < 1.29 is 9.59 Å². The molecule has 0 atom stereocenters. The molecule has 0 aliphatic heterocycles. The van der Waals surface area contributed by atoms with Gasteiger partial charge in [-0.25, -0.2) is 0 Å². The van der Waals surface area contributed by atoms with Gasteiger partial charge in [-0.2, -0.15) is 0 Å². The lowest BCUT2D eigenvalue weighted by atomic mass is 9.93. The van der Waals surface area contributed by atoms with Gasteiger partial charge < -0.3 is 11.5 Å². The number of nitrogens with two attached hydrogens (primary N) is 2. The van der Waals surface area contributed by atoms with Gasteiger partial charge in [-0.1, -0.05) is 30.3 Å². The minimum Gasteiger partial charge on any atom is -0.366 e. The van der Waals surface area contributed by atoms with Crippen molar-refractivity contribution in [3.8, 4) is 0 Å². The summed E-state index contributed by atoms with van der Waals surface area (Å²) in [5.74, 6) is -1.27. The van der Waals surface area contributed by atoms with Crippen LogP contribution in [0.2, 0.25) is 0 Å². The molecular weight excluding hydrogens is 228 g/mol. The first-order chi connectivity index (χ1) is 8.61. The zero-order valence-corrected chi connectivity index (χ0v) is 9.44. The van der Waals surface area contributed by atoms with Crippen LogP contribution in [0.4, 0.5) is 0 Å². The first kappa shape index (κ1) is 10.5. The average Bonchev–Trinajstić information content (AvgIpc) is 2.33. The highest BCUT2D eigenvalue weighted by atomic mass is 16.2. The zero-order chi connectivity index (χ0) is 12.9. The molecule has 0 unspecified atom stereocenters. The second kappa shape index (κ2) is 3.43. The maximum Gasteiger partial charge on any atom is 0.250 e. The minimum atomic E-state index is -0.643. The van der Waals surface area contributed by atoms with Crippen LogP contribution in [-0.4, -0.2) is 11.8 Å². The minimum absolute atomic E-state index is 0.177. The molecule has 88 valence electrons. The number of hydrogen-bond acceptors (Lipinski definition) is 2. The molecule has 2 aromatic rings. The fourth-order valence-corrected chi connectivity index (χ4v) is 2.44. The van der Waals surface area contributed by atoms with E-state index in [4.69, 9.17) is 11.5 Å². The third kappa shape index (κ3) is 1.20. The summed E-state index contributed by atoms with van der Waals surface area (Å²) < 4.78 is 0. The Hall–Kier alpha value is -2.62. The number of benzene rings is 2. The number of amides is 2. The molecule has 0 aromatic heterocycles. The summed E-state index contributed by atoms with van der Waals surface area (Å²) in [6.45, 7) is 0. The SMILES string of the molecule is NC(=O)c1ccc2c(c1C(N)=O)=c1ccccc1=2. The summed E-state index contributed by atoms with van der Waals surface area (Å²) in [4.78, 5) is 22.9. The number of fused-ring (bicyclic) bond motifs is 2. The maximum atomic E-state index is 11.6. The van der Waals surface area contributed by atoms with Crippen molar-refractivity contribution in [2.45, 2.75) is 0 Å². The molecule has 0 heterocycles. The largest absolute Gasteiger partial charge is 0.366 e. The highest BCUT2D eigenvalue weighted by Gasteiger charge is 2.18. The van der Waals surface area contributed by atoms with Crippen LogP contribution in [0.1, 0.15) is 20.7 Å². The van der Waals surface area contributed by atoms with E-state index in [9.17, 15) is 9.59 Å². The van der Waals surface area contributed by atoms with Crippen molar-refractivity contribution in [3.05, 3.63) is 68.4 Å². The quantitative estimate of drug-likeness (QED) is 0.691. The summed E-state index contributed by atoms with van der Waals surface area (Å²) in [7, 11) is 0. The Bertz CT molecular complexity index is 885. The topological polar surface area (TPSA) is 86.2 Å². The van der Waals surface area contributed by atoms with Crippen LogP contribution < -0.4 is 11.5 Å². The number of carbonyl (C=O) groups is 2. The van der Waals surface area contributed by atoms with Crippen molar-refractivity contribution in [1.29, 1.82) is 0 Å². The molecule has 0 fully saturated rings. The molecule has 0 saturated carbocycles. The molecule has 0 bridgehead atoms. The van der Waals surface area contributed by atoms with Crippen LogP contribution in [0, 0.1) is 20.9 Å². The predicted octanol–water partition coefficient (Wildman–Crippen LogP) is 0.772. The molecule has 2 aromatic carbocycles. The van der Waals surface area contributed by atoms with Gasteiger partial charge in [0, 0.05) is 5.22 Å². The fraction of sp³-hybridized carbons (Fsp3) is 0. The molecule has 18 heavy (non-hydrogen) atoms. The summed E-state index contributed by atoms with van der Waals surface area (Å²) in [6.07, 6.45) is 0. The Balaban J connectivity index is 2.57. The molecule has 0 saturated heterocycles. The van der Waals surface area contributed by atoms with Crippen molar-refractivity contribution in [2.75, 3.05) is 0 Å². The van der Waals surface area contributed by atoms with E-state index in [2.05, 4.69) is 0 Å². The van der Waals surface area contributed by atoms with Crippen LogP contribution in [-0.2, 0) is 0 Å². The van der Waals surface area contributed by atoms with Gasteiger partial charge in [-0.05, 0) is 21.7 Å². The van der Waals surface area contributed by atoms with Crippen LogP contribution in [0.15, 0.2) is 36.4 Å². The van der Waals surface area contributed by atoms with E-state index in [-0.39, 0.29) is 11.1 Å². The molecule has 3 rings (SSSR count). The van der Waals surface area contributed by atoms with Gasteiger partial charge in [0.2, 0.25) is 11.8 Å². The maximum absolute atomic E-state index is 11.6. The van der Waals surface area contributed by atoms with E-state index < -0.39 is 11.8 Å². The average molecular weight is 238 g/mol. The monoisotopic (exact) mass is 238 g/mol. The molecule has 1 aliphatic rings. The van der Waals surface area contributed by atoms with Crippen LogP contribution in [0.3, 0.4) is 0 Å². The Kier molecular flexibility index (Phi) is 2.01. The first-order valence-electron chi connectivity index (χ1n) is 5.47. The van der Waals surface area contributed by atoms with Gasteiger partial charge in [-0.15, -0.1) is 0 Å². The molecule has 1 aliphatic carbocycles. The lowest BCUT2D eigenvalue weighted by Gasteiger charge is -2.10. The van der Waals surface area contributed by atoms with Crippen LogP contribution in [0.25, 0.3) is 0 Å². The second-order valence-corrected chi connectivity index (χ2v) is 4.18. The standard InChI is InChI=1S/C14H10N2O2/c15-13(17)10-6-5-9-7-3-1-2-4-8(7)11(9)12(10)14(16)18/h1-6H,(H2,15,17)(H2,16,18). The molecule has 2 amide bonds. The highest BCUT2D eigenvalue weighted by Crippen LogP contribution is 2.19. The van der Waals surface area contributed by atoms with Crippen molar-refractivity contribution in [1.82, 2.24) is 0 Å². The summed E-state index contributed by atoms with van der Waals surface area (Å²) in [6, 6.07) is 11.0. The van der Waals surface area contributed by atoms with Gasteiger partial charge >= 0.3 is 0 Å². The van der Waals surface area contributed by atoms with E-state index in [1.807, 2.05) is 24.3 Å². The van der Waals surface area contributed by atoms with E-state index in [0.29, 0.717) is 0 Å². The molecular formula is C14H10N2O2. The smallest absolute Gasteiger partial charge is 0.250 e. The van der Waals surface area contributed by atoms with Gasteiger partial charge in [0.25, 0.3) is 0 Å². The van der Waals surface area contributed by atoms with Gasteiger partial charge in [0.05, 0.1) is 11.1 Å². The van der Waals surface area contributed by atoms with E-state index in [1.54, 1.807) is 12.1 Å². The first-order valence-corrected chi connectivity index (χ1v) is 5.47. The molecule has 4 nitrogen and oxygen atoms in total. The van der Waals surface area contributed by atoms with Gasteiger partial charge in [0.1, 0.15) is 0 Å².